The van der Waals surface area contributed by atoms with Crippen molar-refractivity contribution < 1.29 is 14.3 Å². The minimum absolute atomic E-state index is 0.103. The molecule has 2 heterocycles. The molecule has 124 valence electrons. The van der Waals surface area contributed by atoms with E-state index in [-0.39, 0.29) is 12.0 Å². The lowest BCUT2D eigenvalue weighted by Gasteiger charge is -2.25. The monoisotopic (exact) mass is 327 g/mol. The van der Waals surface area contributed by atoms with E-state index in [4.69, 9.17) is 9.47 Å². The van der Waals surface area contributed by atoms with E-state index in [9.17, 15) is 4.79 Å². The molecule has 0 saturated carbocycles. The first-order valence-electron chi connectivity index (χ1n) is 7.79. The molecule has 0 unspecified atom stereocenters. The Labute approximate surface area is 135 Å². The molecule has 0 aromatic carbocycles. The first kappa shape index (κ1) is 17.3. The van der Waals surface area contributed by atoms with Crippen molar-refractivity contribution in [3.8, 4) is 0 Å². The van der Waals surface area contributed by atoms with E-state index >= 15 is 0 Å². The number of rotatable bonds is 8. The molecule has 1 amide bonds. The van der Waals surface area contributed by atoms with Crippen LogP contribution in [0.5, 0.6) is 0 Å². The Hall–Kier alpha value is -1.02. The number of carbonyl (C=O) groups excluding carboxylic acids is 1. The Balaban J connectivity index is 1.69. The summed E-state index contributed by atoms with van der Waals surface area (Å²) in [5.41, 5.74) is 0.512. The van der Waals surface area contributed by atoms with Gasteiger partial charge in [0.15, 0.2) is 0 Å². The third kappa shape index (κ3) is 6.00. The number of thiazole rings is 1. The second-order valence-corrected chi connectivity index (χ2v) is 6.49. The summed E-state index contributed by atoms with van der Waals surface area (Å²) in [5, 5.41) is 5.69. The van der Waals surface area contributed by atoms with E-state index < -0.39 is 0 Å². The van der Waals surface area contributed by atoms with Gasteiger partial charge in [-0.3, -0.25) is 9.69 Å². The van der Waals surface area contributed by atoms with E-state index in [0.29, 0.717) is 18.8 Å². The highest BCUT2D eigenvalue weighted by Gasteiger charge is 2.15. The molecule has 1 N–H and O–H groups in total. The predicted molar refractivity (Wildman–Crippen MR) is 86.2 cm³/mol. The largest absolute Gasteiger partial charge is 0.379 e. The number of morpholine rings is 1. The molecule has 1 fully saturated rings. The van der Waals surface area contributed by atoms with Crippen LogP contribution in [0.15, 0.2) is 5.38 Å². The second kappa shape index (κ2) is 9.19. The van der Waals surface area contributed by atoms with Crippen LogP contribution in [-0.4, -0.2) is 61.3 Å². The quantitative estimate of drug-likeness (QED) is 0.734. The Morgan fingerprint density at radius 2 is 2.27 bits per heavy atom. The van der Waals surface area contributed by atoms with E-state index in [1.807, 2.05) is 19.2 Å². The molecule has 1 aromatic heterocycles. The van der Waals surface area contributed by atoms with Crippen molar-refractivity contribution in [2.45, 2.75) is 32.9 Å². The van der Waals surface area contributed by atoms with Crippen LogP contribution in [0.1, 0.15) is 35.8 Å². The smallest absolute Gasteiger partial charge is 0.270 e. The van der Waals surface area contributed by atoms with Gasteiger partial charge in [0.2, 0.25) is 0 Å². The van der Waals surface area contributed by atoms with Gasteiger partial charge in [-0.05, 0) is 20.3 Å². The summed E-state index contributed by atoms with van der Waals surface area (Å²) < 4.78 is 10.8. The van der Waals surface area contributed by atoms with Gasteiger partial charge >= 0.3 is 0 Å². The van der Waals surface area contributed by atoms with Crippen LogP contribution in [0, 0.1) is 0 Å². The maximum atomic E-state index is 12.0. The molecule has 0 atom stereocenters. The Morgan fingerprint density at radius 1 is 1.50 bits per heavy atom. The normalized spacial score (nSPS) is 16.1. The summed E-state index contributed by atoms with van der Waals surface area (Å²) in [7, 11) is 0. The van der Waals surface area contributed by atoms with Gasteiger partial charge < -0.3 is 14.8 Å². The molecule has 0 radical (unpaired) electrons. The first-order valence-corrected chi connectivity index (χ1v) is 8.67. The van der Waals surface area contributed by atoms with E-state index in [2.05, 4.69) is 15.2 Å². The molecule has 1 aromatic rings. The summed E-state index contributed by atoms with van der Waals surface area (Å²) in [5.74, 6) is -0.103. The van der Waals surface area contributed by atoms with Gasteiger partial charge in [0.05, 0.1) is 25.9 Å². The Bertz CT molecular complexity index is 459. The lowest BCUT2D eigenvalue weighted by molar-refractivity contribution is 0.0341. The van der Waals surface area contributed by atoms with Crippen LogP contribution >= 0.6 is 11.3 Å². The number of nitrogens with one attached hydrogen (secondary N) is 1. The molecule has 1 aliphatic rings. The lowest BCUT2D eigenvalue weighted by Crippen LogP contribution is -2.35. The minimum Gasteiger partial charge on any atom is -0.379 e. The van der Waals surface area contributed by atoms with Crippen LogP contribution < -0.4 is 5.32 Å². The third-order valence-electron chi connectivity index (χ3n) is 3.30. The van der Waals surface area contributed by atoms with Crippen LogP contribution in [0.2, 0.25) is 0 Å². The van der Waals surface area contributed by atoms with Gasteiger partial charge in [-0.15, -0.1) is 11.3 Å². The molecular formula is C15H25N3O3S. The van der Waals surface area contributed by atoms with Crippen molar-refractivity contribution in [3.63, 3.8) is 0 Å². The van der Waals surface area contributed by atoms with E-state index in [1.54, 1.807) is 11.3 Å². The summed E-state index contributed by atoms with van der Waals surface area (Å²) in [6.07, 6.45) is 1.05. The SMILES string of the molecule is CC(C)OCCCNC(=O)c1csc(CN2CCOCC2)n1. The lowest BCUT2D eigenvalue weighted by atomic mass is 10.4. The molecule has 7 heteroatoms. The van der Waals surface area contributed by atoms with Crippen LogP contribution in [0.3, 0.4) is 0 Å². The maximum Gasteiger partial charge on any atom is 0.270 e. The number of hydrogen-bond acceptors (Lipinski definition) is 6. The fourth-order valence-electron chi connectivity index (χ4n) is 2.12. The maximum absolute atomic E-state index is 12.0. The average molecular weight is 327 g/mol. The van der Waals surface area contributed by atoms with Gasteiger partial charge in [0.25, 0.3) is 5.91 Å². The zero-order valence-electron chi connectivity index (χ0n) is 13.3. The average Bonchev–Trinajstić information content (AvgIpc) is 2.96. The predicted octanol–water partition coefficient (Wildman–Crippen LogP) is 1.52. The summed E-state index contributed by atoms with van der Waals surface area (Å²) in [6.45, 7) is 9.48. The molecule has 1 aliphatic heterocycles. The second-order valence-electron chi connectivity index (χ2n) is 5.54. The van der Waals surface area contributed by atoms with Crippen molar-refractivity contribution in [1.82, 2.24) is 15.2 Å². The number of amides is 1. The number of ether oxygens (including phenoxy) is 2. The molecule has 6 nitrogen and oxygen atoms in total. The number of aromatic nitrogens is 1. The van der Waals surface area contributed by atoms with Crippen LogP contribution in [0.4, 0.5) is 0 Å². The minimum atomic E-state index is -0.103. The van der Waals surface area contributed by atoms with Crippen molar-refractivity contribution in [2.75, 3.05) is 39.5 Å². The van der Waals surface area contributed by atoms with Crippen molar-refractivity contribution >= 4 is 17.2 Å². The fourth-order valence-corrected chi connectivity index (χ4v) is 2.94. The highest BCUT2D eigenvalue weighted by Crippen LogP contribution is 2.13. The first-order chi connectivity index (χ1) is 10.6. The Kier molecular flexibility index (Phi) is 7.24. The van der Waals surface area contributed by atoms with Crippen molar-refractivity contribution in [3.05, 3.63) is 16.1 Å². The van der Waals surface area contributed by atoms with E-state index in [1.165, 1.54) is 0 Å². The highest BCUT2D eigenvalue weighted by molar-refractivity contribution is 7.09. The molecule has 22 heavy (non-hydrogen) atoms. The zero-order valence-corrected chi connectivity index (χ0v) is 14.2. The summed E-state index contributed by atoms with van der Waals surface area (Å²) >= 11 is 1.54. The molecule has 2 rings (SSSR count). The third-order valence-corrected chi connectivity index (χ3v) is 4.14. The zero-order chi connectivity index (χ0) is 15.8. The van der Waals surface area contributed by atoms with Crippen LogP contribution in [-0.2, 0) is 16.0 Å². The van der Waals surface area contributed by atoms with Crippen LogP contribution in [0.25, 0.3) is 0 Å². The summed E-state index contributed by atoms with van der Waals surface area (Å²) in [6, 6.07) is 0. The molecule has 0 bridgehead atoms. The van der Waals surface area contributed by atoms with Gasteiger partial charge in [-0.2, -0.15) is 0 Å². The molecule has 1 saturated heterocycles. The highest BCUT2D eigenvalue weighted by atomic mass is 32.1. The van der Waals surface area contributed by atoms with Gasteiger partial charge in [-0.25, -0.2) is 4.98 Å². The van der Waals surface area contributed by atoms with Gasteiger partial charge in [-0.1, -0.05) is 0 Å². The number of carbonyl (C=O) groups is 1. The molecule has 0 spiro atoms. The van der Waals surface area contributed by atoms with Crippen molar-refractivity contribution in [1.29, 1.82) is 0 Å². The van der Waals surface area contributed by atoms with E-state index in [0.717, 1.165) is 44.3 Å². The molecule has 0 aliphatic carbocycles. The standard InChI is InChI=1S/C15H25N3O3S/c1-12(2)21-7-3-4-16-15(19)13-11-22-14(17-13)10-18-5-8-20-9-6-18/h11-12H,3-10H2,1-2H3,(H,16,19). The Morgan fingerprint density at radius 3 is 3.00 bits per heavy atom. The topological polar surface area (TPSA) is 63.7 Å². The number of hydrogen-bond donors (Lipinski definition) is 1. The van der Waals surface area contributed by atoms with Gasteiger partial charge in [0, 0.05) is 31.6 Å². The number of nitrogens with zero attached hydrogens (tertiary/aromatic N) is 2. The van der Waals surface area contributed by atoms with Crippen molar-refractivity contribution in [2.24, 2.45) is 0 Å². The molecular weight excluding hydrogens is 302 g/mol. The fraction of sp³-hybridized carbons (Fsp3) is 0.733. The van der Waals surface area contributed by atoms with Gasteiger partial charge in [0.1, 0.15) is 10.7 Å². The summed E-state index contributed by atoms with van der Waals surface area (Å²) in [4.78, 5) is 18.7.